The Kier molecular flexibility index (Phi) is 4.30. The third-order valence-corrected chi connectivity index (χ3v) is 9.74. The van der Waals surface area contributed by atoms with Gasteiger partial charge in [-0.05, 0) is 109 Å². The number of pyridine rings is 1. The zero-order chi connectivity index (χ0) is 18.6. The molecule has 0 amide bonds. The highest BCUT2D eigenvalue weighted by molar-refractivity contribution is 5.74. The quantitative estimate of drug-likeness (QED) is 0.514. The van der Waals surface area contributed by atoms with Gasteiger partial charge >= 0.3 is 0 Å². The minimum absolute atomic E-state index is 0.378. The molecule has 4 aliphatic carbocycles. The van der Waals surface area contributed by atoms with Crippen LogP contribution in [0.2, 0.25) is 0 Å². The van der Waals surface area contributed by atoms with Crippen LogP contribution >= 0.6 is 0 Å². The zero-order valence-corrected chi connectivity index (χ0v) is 17.6. The van der Waals surface area contributed by atoms with Crippen molar-refractivity contribution in [2.24, 2.45) is 34.5 Å². The van der Waals surface area contributed by atoms with Gasteiger partial charge in [0.1, 0.15) is 0 Å². The van der Waals surface area contributed by atoms with E-state index in [9.17, 15) is 0 Å². The standard InChI is InChI=1S/C26H37N/c1-18-13-16-27-17-21(18)23-11-10-22-20-9-8-19-7-5-4-6-14-25(19,2)24(20)12-15-26(22,23)3/h11,13,16-17,19-20,22,24H,4-10,12,14-15H2,1-3H3/t19?,20-,22?,24?,25-,26-/m0/s1. The van der Waals surface area contributed by atoms with Gasteiger partial charge in [-0.25, -0.2) is 0 Å². The molecule has 0 N–H and O–H groups in total. The Labute approximate surface area is 166 Å². The van der Waals surface area contributed by atoms with E-state index in [0.717, 1.165) is 23.7 Å². The molecule has 1 heteroatoms. The number of aryl methyl sites for hydroxylation is 1. The molecule has 3 saturated carbocycles. The second-order valence-electron chi connectivity index (χ2n) is 10.8. The van der Waals surface area contributed by atoms with Crippen molar-refractivity contribution in [2.45, 2.75) is 85.0 Å². The summed E-state index contributed by atoms with van der Waals surface area (Å²) in [4.78, 5) is 4.47. The SMILES string of the molecule is Cc1ccncc1C1=CCC2[C@@H]3CCC4CCCCC[C@]4(C)C3CC[C@]12C. The number of fused-ring (bicyclic) bond motifs is 5. The third-order valence-electron chi connectivity index (χ3n) is 9.74. The summed E-state index contributed by atoms with van der Waals surface area (Å²) in [7, 11) is 0. The molecular formula is C26H37N. The van der Waals surface area contributed by atoms with Gasteiger partial charge in [0.2, 0.25) is 0 Å². The lowest BCUT2D eigenvalue weighted by molar-refractivity contribution is -0.0808. The third kappa shape index (κ3) is 2.60. The van der Waals surface area contributed by atoms with Crippen molar-refractivity contribution in [3.05, 3.63) is 35.7 Å². The van der Waals surface area contributed by atoms with Crippen LogP contribution < -0.4 is 0 Å². The number of hydrogen-bond donors (Lipinski definition) is 0. The molecule has 0 saturated heterocycles. The van der Waals surface area contributed by atoms with Crippen LogP contribution in [0.3, 0.4) is 0 Å². The molecule has 1 aromatic rings. The van der Waals surface area contributed by atoms with Crippen LogP contribution in [-0.4, -0.2) is 4.98 Å². The molecule has 0 radical (unpaired) electrons. The Balaban J connectivity index is 1.47. The highest BCUT2D eigenvalue weighted by Crippen LogP contribution is 2.67. The first kappa shape index (κ1) is 18.0. The van der Waals surface area contributed by atoms with Gasteiger partial charge in [0, 0.05) is 12.4 Å². The first-order chi connectivity index (χ1) is 13.0. The van der Waals surface area contributed by atoms with Crippen molar-refractivity contribution in [1.29, 1.82) is 0 Å². The van der Waals surface area contributed by atoms with Gasteiger partial charge in [-0.2, -0.15) is 0 Å². The van der Waals surface area contributed by atoms with E-state index in [1.165, 1.54) is 75.3 Å². The van der Waals surface area contributed by atoms with Crippen molar-refractivity contribution in [1.82, 2.24) is 4.98 Å². The highest BCUT2D eigenvalue weighted by Gasteiger charge is 2.57. The average Bonchev–Trinajstić information content (AvgIpc) is 2.88. The fourth-order valence-corrected chi connectivity index (χ4v) is 8.20. The predicted molar refractivity (Wildman–Crippen MR) is 113 cm³/mol. The van der Waals surface area contributed by atoms with Crippen LogP contribution in [0.15, 0.2) is 24.5 Å². The number of rotatable bonds is 1. The molecule has 1 aromatic heterocycles. The van der Waals surface area contributed by atoms with Crippen molar-refractivity contribution >= 4 is 5.57 Å². The topological polar surface area (TPSA) is 12.9 Å². The Hall–Kier alpha value is -1.11. The summed E-state index contributed by atoms with van der Waals surface area (Å²) >= 11 is 0. The smallest absolute Gasteiger partial charge is 0.0345 e. The average molecular weight is 364 g/mol. The number of nitrogens with zero attached hydrogens (tertiary/aromatic N) is 1. The van der Waals surface area contributed by atoms with Crippen molar-refractivity contribution in [3.63, 3.8) is 0 Å². The fourth-order valence-electron chi connectivity index (χ4n) is 8.20. The van der Waals surface area contributed by atoms with Gasteiger partial charge < -0.3 is 0 Å². The van der Waals surface area contributed by atoms with Crippen molar-refractivity contribution < 1.29 is 0 Å². The van der Waals surface area contributed by atoms with Gasteiger partial charge in [-0.3, -0.25) is 4.98 Å². The molecule has 1 heterocycles. The zero-order valence-electron chi connectivity index (χ0n) is 17.6. The maximum atomic E-state index is 4.47. The summed E-state index contributed by atoms with van der Waals surface area (Å²) in [5.74, 6) is 3.82. The summed E-state index contributed by atoms with van der Waals surface area (Å²) in [5, 5.41) is 0. The molecule has 0 bridgehead atoms. The lowest BCUT2D eigenvalue weighted by Gasteiger charge is -2.59. The van der Waals surface area contributed by atoms with E-state index in [-0.39, 0.29) is 0 Å². The van der Waals surface area contributed by atoms with E-state index in [1.54, 1.807) is 5.57 Å². The maximum absolute atomic E-state index is 4.47. The molecule has 1 nitrogen and oxygen atoms in total. The maximum Gasteiger partial charge on any atom is 0.0345 e. The van der Waals surface area contributed by atoms with Crippen molar-refractivity contribution in [3.8, 4) is 0 Å². The van der Waals surface area contributed by atoms with E-state index < -0.39 is 0 Å². The van der Waals surface area contributed by atoms with Crippen LogP contribution in [0.25, 0.3) is 5.57 Å². The molecule has 5 rings (SSSR count). The second-order valence-corrected chi connectivity index (χ2v) is 10.8. The Morgan fingerprint density at radius 3 is 2.70 bits per heavy atom. The van der Waals surface area contributed by atoms with E-state index >= 15 is 0 Å². The lowest BCUT2D eigenvalue weighted by Crippen LogP contribution is -2.51. The number of hydrogen-bond acceptors (Lipinski definition) is 1. The van der Waals surface area contributed by atoms with E-state index in [0.29, 0.717) is 10.8 Å². The van der Waals surface area contributed by atoms with E-state index in [4.69, 9.17) is 0 Å². The van der Waals surface area contributed by atoms with Gasteiger partial charge in [0.05, 0.1) is 0 Å². The summed E-state index contributed by atoms with van der Waals surface area (Å²) in [6.07, 6.45) is 21.3. The molecule has 6 atom stereocenters. The van der Waals surface area contributed by atoms with Gasteiger partial charge in [-0.1, -0.05) is 39.2 Å². The monoisotopic (exact) mass is 363 g/mol. The summed E-state index contributed by atoms with van der Waals surface area (Å²) in [6.45, 7) is 7.57. The van der Waals surface area contributed by atoms with Gasteiger partial charge in [0.15, 0.2) is 0 Å². The van der Waals surface area contributed by atoms with Crippen LogP contribution in [0, 0.1) is 41.4 Å². The first-order valence-corrected chi connectivity index (χ1v) is 11.7. The largest absolute Gasteiger partial charge is 0.264 e. The van der Waals surface area contributed by atoms with Crippen LogP contribution in [0.5, 0.6) is 0 Å². The highest BCUT2D eigenvalue weighted by atomic mass is 14.6. The summed E-state index contributed by atoms with van der Waals surface area (Å²) in [6, 6.07) is 2.19. The molecule has 4 aliphatic rings. The molecule has 146 valence electrons. The predicted octanol–water partition coefficient (Wildman–Crippen LogP) is 7.21. The summed E-state index contributed by atoms with van der Waals surface area (Å²) in [5.41, 5.74) is 5.47. The molecular weight excluding hydrogens is 326 g/mol. The minimum Gasteiger partial charge on any atom is -0.264 e. The molecule has 0 aliphatic heterocycles. The molecule has 3 fully saturated rings. The second kappa shape index (κ2) is 6.46. The molecule has 0 spiro atoms. The molecule has 27 heavy (non-hydrogen) atoms. The Morgan fingerprint density at radius 2 is 1.85 bits per heavy atom. The van der Waals surface area contributed by atoms with Gasteiger partial charge in [0.25, 0.3) is 0 Å². The molecule has 3 unspecified atom stereocenters. The Morgan fingerprint density at radius 1 is 0.963 bits per heavy atom. The van der Waals surface area contributed by atoms with Crippen LogP contribution in [0.4, 0.5) is 0 Å². The van der Waals surface area contributed by atoms with Crippen LogP contribution in [0.1, 0.15) is 89.2 Å². The minimum atomic E-state index is 0.378. The normalized spacial score (nSPS) is 43.9. The first-order valence-electron chi connectivity index (χ1n) is 11.7. The van der Waals surface area contributed by atoms with Gasteiger partial charge in [-0.15, -0.1) is 0 Å². The number of allylic oxidation sites excluding steroid dienone is 2. The molecule has 0 aromatic carbocycles. The lowest BCUT2D eigenvalue weighted by atomic mass is 9.46. The van der Waals surface area contributed by atoms with Crippen molar-refractivity contribution in [2.75, 3.05) is 0 Å². The van der Waals surface area contributed by atoms with Crippen LogP contribution in [-0.2, 0) is 0 Å². The Bertz CT molecular complexity index is 748. The summed E-state index contributed by atoms with van der Waals surface area (Å²) < 4.78 is 0. The van der Waals surface area contributed by atoms with E-state index in [1.807, 2.05) is 6.20 Å². The fraction of sp³-hybridized carbons (Fsp3) is 0.731. The van der Waals surface area contributed by atoms with E-state index in [2.05, 4.69) is 44.1 Å². The number of aromatic nitrogens is 1.